The standard InChI is InChI=1S/C17H17F4N3/c18-15-2-1-12(9-14(15)17(19,20)21)11-24-8-7-23-10-16(24)13-3-5-22-6-4-13/h1-6,9,16,23H,7-8,10-11H2. The molecule has 0 radical (unpaired) electrons. The minimum Gasteiger partial charge on any atom is -0.314 e. The summed E-state index contributed by atoms with van der Waals surface area (Å²) in [5, 5.41) is 3.29. The average Bonchev–Trinajstić information content (AvgIpc) is 2.57. The molecule has 24 heavy (non-hydrogen) atoms. The molecule has 1 atom stereocenters. The number of piperazine rings is 1. The van der Waals surface area contributed by atoms with E-state index in [1.165, 1.54) is 6.07 Å². The highest BCUT2D eigenvalue weighted by molar-refractivity contribution is 5.28. The zero-order chi connectivity index (χ0) is 17.2. The molecule has 1 N–H and O–H groups in total. The first-order valence-corrected chi connectivity index (χ1v) is 7.65. The number of pyridine rings is 1. The molecule has 0 saturated carbocycles. The zero-order valence-corrected chi connectivity index (χ0v) is 12.9. The van der Waals surface area contributed by atoms with Gasteiger partial charge in [-0.15, -0.1) is 0 Å². The third-order valence-corrected chi connectivity index (χ3v) is 4.17. The summed E-state index contributed by atoms with van der Waals surface area (Å²) in [7, 11) is 0. The number of hydrogen-bond donors (Lipinski definition) is 1. The normalized spacial score (nSPS) is 19.4. The van der Waals surface area contributed by atoms with Gasteiger partial charge in [-0.1, -0.05) is 6.07 Å². The van der Waals surface area contributed by atoms with Crippen LogP contribution in [0.4, 0.5) is 17.6 Å². The van der Waals surface area contributed by atoms with Crippen LogP contribution in [0.3, 0.4) is 0 Å². The summed E-state index contributed by atoms with van der Waals surface area (Å²) in [5.41, 5.74) is 0.288. The number of halogens is 4. The van der Waals surface area contributed by atoms with E-state index < -0.39 is 17.6 Å². The third kappa shape index (κ3) is 3.73. The molecule has 1 aliphatic heterocycles. The van der Waals surface area contributed by atoms with Gasteiger partial charge < -0.3 is 5.32 Å². The fourth-order valence-electron chi connectivity index (χ4n) is 2.97. The van der Waals surface area contributed by atoms with Crippen LogP contribution in [0.15, 0.2) is 42.7 Å². The summed E-state index contributed by atoms with van der Waals surface area (Å²) in [6.07, 6.45) is -1.29. The molecule has 0 aliphatic carbocycles. The molecule has 3 nitrogen and oxygen atoms in total. The number of nitrogens with zero attached hydrogens (tertiary/aromatic N) is 2. The molecule has 128 valence electrons. The lowest BCUT2D eigenvalue weighted by Gasteiger charge is -2.36. The van der Waals surface area contributed by atoms with Crippen molar-refractivity contribution in [1.29, 1.82) is 0 Å². The topological polar surface area (TPSA) is 28.2 Å². The first-order valence-electron chi connectivity index (χ1n) is 7.65. The largest absolute Gasteiger partial charge is 0.419 e. The van der Waals surface area contributed by atoms with Gasteiger partial charge in [0, 0.05) is 44.6 Å². The minimum absolute atomic E-state index is 0.0427. The van der Waals surface area contributed by atoms with Gasteiger partial charge in [-0.05, 0) is 35.4 Å². The lowest BCUT2D eigenvalue weighted by molar-refractivity contribution is -0.140. The predicted octanol–water partition coefficient (Wildman–Crippen LogP) is 3.39. The Bertz CT molecular complexity index is 688. The van der Waals surface area contributed by atoms with Crippen molar-refractivity contribution in [3.63, 3.8) is 0 Å². The first-order chi connectivity index (χ1) is 11.4. The fraction of sp³-hybridized carbons (Fsp3) is 0.353. The highest BCUT2D eigenvalue weighted by Gasteiger charge is 2.34. The second kappa shape index (κ2) is 6.86. The Labute approximate surface area is 137 Å². The molecule has 1 aliphatic rings. The summed E-state index contributed by atoms with van der Waals surface area (Å²) in [6.45, 7) is 2.50. The van der Waals surface area contributed by atoms with Gasteiger partial charge in [0.15, 0.2) is 0 Å². The molecule has 0 spiro atoms. The molecule has 0 amide bonds. The number of hydrogen-bond acceptors (Lipinski definition) is 3. The van der Waals surface area contributed by atoms with E-state index in [0.29, 0.717) is 25.2 Å². The molecule has 1 fully saturated rings. The number of alkyl halides is 3. The van der Waals surface area contributed by atoms with Gasteiger partial charge in [0.1, 0.15) is 5.82 Å². The number of aromatic nitrogens is 1. The van der Waals surface area contributed by atoms with Crippen LogP contribution in [0.5, 0.6) is 0 Å². The van der Waals surface area contributed by atoms with E-state index in [9.17, 15) is 17.6 Å². The molecule has 3 rings (SSSR count). The molecule has 1 aromatic carbocycles. The van der Waals surface area contributed by atoms with Gasteiger partial charge in [-0.25, -0.2) is 4.39 Å². The smallest absolute Gasteiger partial charge is 0.314 e. The first kappa shape index (κ1) is 16.9. The van der Waals surface area contributed by atoms with Crippen molar-refractivity contribution < 1.29 is 17.6 Å². The van der Waals surface area contributed by atoms with E-state index in [1.54, 1.807) is 12.4 Å². The van der Waals surface area contributed by atoms with Crippen LogP contribution >= 0.6 is 0 Å². The average molecular weight is 339 g/mol. The van der Waals surface area contributed by atoms with Crippen molar-refractivity contribution in [1.82, 2.24) is 15.2 Å². The number of benzene rings is 1. The highest BCUT2D eigenvalue weighted by atomic mass is 19.4. The Balaban J connectivity index is 1.83. The molecular weight excluding hydrogens is 322 g/mol. The summed E-state index contributed by atoms with van der Waals surface area (Å²) >= 11 is 0. The van der Waals surface area contributed by atoms with E-state index in [1.807, 2.05) is 12.1 Å². The molecule has 7 heteroatoms. The molecule has 2 heterocycles. The van der Waals surface area contributed by atoms with Gasteiger partial charge in [-0.2, -0.15) is 13.2 Å². The second-order valence-corrected chi connectivity index (χ2v) is 5.78. The van der Waals surface area contributed by atoms with Crippen molar-refractivity contribution >= 4 is 0 Å². The van der Waals surface area contributed by atoms with Crippen molar-refractivity contribution in [2.75, 3.05) is 19.6 Å². The summed E-state index contributed by atoms with van der Waals surface area (Å²) in [6, 6.07) is 7.05. The number of rotatable bonds is 3. The molecule has 1 unspecified atom stereocenters. The lowest BCUT2D eigenvalue weighted by atomic mass is 10.0. The van der Waals surface area contributed by atoms with Gasteiger partial charge in [0.05, 0.1) is 5.56 Å². The van der Waals surface area contributed by atoms with Crippen LogP contribution in [0, 0.1) is 5.82 Å². The van der Waals surface area contributed by atoms with E-state index in [2.05, 4.69) is 15.2 Å². The van der Waals surface area contributed by atoms with Crippen LogP contribution in [0.1, 0.15) is 22.7 Å². The number of nitrogens with one attached hydrogen (secondary N) is 1. The molecule has 2 aromatic rings. The lowest BCUT2D eigenvalue weighted by Crippen LogP contribution is -2.45. The third-order valence-electron chi connectivity index (χ3n) is 4.17. The monoisotopic (exact) mass is 339 g/mol. The summed E-state index contributed by atoms with van der Waals surface area (Å²) < 4.78 is 52.1. The van der Waals surface area contributed by atoms with Gasteiger partial charge >= 0.3 is 6.18 Å². The van der Waals surface area contributed by atoms with E-state index in [0.717, 1.165) is 24.2 Å². The van der Waals surface area contributed by atoms with E-state index >= 15 is 0 Å². The maximum Gasteiger partial charge on any atom is 0.419 e. The Hall–Kier alpha value is -1.99. The van der Waals surface area contributed by atoms with Crippen molar-refractivity contribution in [2.45, 2.75) is 18.8 Å². The maximum absolute atomic E-state index is 13.4. The van der Waals surface area contributed by atoms with Gasteiger partial charge in [0.25, 0.3) is 0 Å². The van der Waals surface area contributed by atoms with Crippen LogP contribution < -0.4 is 5.32 Å². The highest BCUT2D eigenvalue weighted by Crippen LogP contribution is 2.32. The quantitative estimate of drug-likeness (QED) is 0.869. The van der Waals surface area contributed by atoms with Crippen molar-refractivity contribution in [3.05, 3.63) is 65.2 Å². The Morgan fingerprint density at radius 1 is 1.17 bits per heavy atom. The molecule has 1 aromatic heterocycles. The predicted molar refractivity (Wildman–Crippen MR) is 81.7 cm³/mol. The Kier molecular flexibility index (Phi) is 4.82. The Morgan fingerprint density at radius 2 is 1.92 bits per heavy atom. The summed E-state index contributed by atoms with van der Waals surface area (Å²) in [5.74, 6) is -1.24. The van der Waals surface area contributed by atoms with Crippen LogP contribution in [0.25, 0.3) is 0 Å². The fourth-order valence-corrected chi connectivity index (χ4v) is 2.97. The zero-order valence-electron chi connectivity index (χ0n) is 12.9. The van der Waals surface area contributed by atoms with Crippen LogP contribution in [-0.4, -0.2) is 29.5 Å². The van der Waals surface area contributed by atoms with Crippen molar-refractivity contribution in [3.8, 4) is 0 Å². The van der Waals surface area contributed by atoms with Crippen LogP contribution in [-0.2, 0) is 12.7 Å². The van der Waals surface area contributed by atoms with Crippen molar-refractivity contribution in [2.24, 2.45) is 0 Å². The second-order valence-electron chi connectivity index (χ2n) is 5.78. The minimum atomic E-state index is -4.69. The van der Waals surface area contributed by atoms with E-state index in [-0.39, 0.29) is 6.04 Å². The molecule has 1 saturated heterocycles. The molecular formula is C17H17F4N3. The van der Waals surface area contributed by atoms with Gasteiger partial charge in [-0.3, -0.25) is 9.88 Å². The SMILES string of the molecule is Fc1ccc(CN2CCNCC2c2ccncc2)cc1C(F)(F)F. The summed E-state index contributed by atoms with van der Waals surface area (Å²) in [4.78, 5) is 6.09. The van der Waals surface area contributed by atoms with Crippen LogP contribution in [0.2, 0.25) is 0 Å². The van der Waals surface area contributed by atoms with E-state index in [4.69, 9.17) is 0 Å². The molecule has 0 bridgehead atoms. The van der Waals surface area contributed by atoms with Gasteiger partial charge in [0.2, 0.25) is 0 Å². The maximum atomic E-state index is 13.4. The Morgan fingerprint density at radius 3 is 2.62 bits per heavy atom.